The number of ether oxygens (including phenoxy) is 1. The van der Waals surface area contributed by atoms with Crippen LogP contribution in [-0.2, 0) is 4.79 Å². The number of Topliss-reactive ketones (excluding diaryl/α,β-unsaturated/α-hetero) is 1. The second-order valence-corrected chi connectivity index (χ2v) is 3.28. The molecular formula is C11H13NO4. The summed E-state index contributed by atoms with van der Waals surface area (Å²) in [5, 5.41) is 12.2. The summed E-state index contributed by atoms with van der Waals surface area (Å²) in [6, 6.07) is 2.99. The molecule has 5 nitrogen and oxygen atoms in total. The van der Waals surface area contributed by atoms with Crippen LogP contribution in [0.4, 0.5) is 5.69 Å². The molecule has 0 heterocycles. The van der Waals surface area contributed by atoms with Crippen molar-refractivity contribution in [1.82, 2.24) is 0 Å². The Labute approximate surface area is 93.0 Å². The monoisotopic (exact) mass is 223 g/mol. The van der Waals surface area contributed by atoms with Crippen LogP contribution >= 0.6 is 0 Å². The Kier molecular flexibility index (Phi) is 3.50. The van der Waals surface area contributed by atoms with Crippen molar-refractivity contribution in [1.29, 1.82) is 0 Å². The number of phenolic OH excluding ortho intramolecular Hbond substituents is 1. The highest BCUT2D eigenvalue weighted by Gasteiger charge is 2.17. The van der Waals surface area contributed by atoms with Crippen molar-refractivity contribution in [2.45, 2.75) is 13.8 Å². The molecule has 1 rings (SSSR count). The molecule has 16 heavy (non-hydrogen) atoms. The molecule has 0 unspecified atom stereocenters. The lowest BCUT2D eigenvalue weighted by Gasteiger charge is -2.11. The number of aromatic hydroxyl groups is 1. The molecule has 0 radical (unpaired) electrons. The average molecular weight is 223 g/mol. The molecule has 0 aliphatic rings. The minimum atomic E-state index is -0.332. The van der Waals surface area contributed by atoms with E-state index in [9.17, 15) is 14.7 Å². The zero-order valence-corrected chi connectivity index (χ0v) is 9.33. The number of benzene rings is 1. The summed E-state index contributed by atoms with van der Waals surface area (Å²) in [5.41, 5.74) is 0.257. The van der Waals surface area contributed by atoms with E-state index in [0.29, 0.717) is 0 Å². The van der Waals surface area contributed by atoms with Crippen molar-refractivity contribution in [2.24, 2.45) is 0 Å². The van der Waals surface area contributed by atoms with E-state index >= 15 is 0 Å². The highest BCUT2D eigenvalue weighted by molar-refractivity contribution is 6.03. The summed E-state index contributed by atoms with van der Waals surface area (Å²) in [6.45, 7) is 2.63. The molecule has 1 aromatic carbocycles. The molecule has 0 aliphatic heterocycles. The molecule has 1 aromatic rings. The maximum Gasteiger partial charge on any atom is 0.221 e. The van der Waals surface area contributed by atoms with Gasteiger partial charge in [0.2, 0.25) is 5.91 Å². The van der Waals surface area contributed by atoms with Crippen molar-refractivity contribution >= 4 is 17.4 Å². The minimum Gasteiger partial charge on any atom is -0.505 e. The van der Waals surface area contributed by atoms with Crippen LogP contribution in [0.3, 0.4) is 0 Å². The van der Waals surface area contributed by atoms with Crippen molar-refractivity contribution < 1.29 is 19.4 Å². The van der Waals surface area contributed by atoms with E-state index < -0.39 is 0 Å². The van der Waals surface area contributed by atoms with Gasteiger partial charge in [-0.15, -0.1) is 0 Å². The lowest BCUT2D eigenvalue weighted by Crippen LogP contribution is -2.08. The van der Waals surface area contributed by atoms with E-state index in [1.807, 2.05) is 0 Å². The van der Waals surface area contributed by atoms with Crippen molar-refractivity contribution in [2.75, 3.05) is 12.4 Å². The molecule has 0 saturated carbocycles. The van der Waals surface area contributed by atoms with E-state index in [1.54, 1.807) is 0 Å². The molecule has 5 heteroatoms. The SMILES string of the molecule is COc1ccc(NC(C)=O)c(O)c1C(C)=O. The van der Waals surface area contributed by atoms with Gasteiger partial charge in [-0.25, -0.2) is 0 Å². The maximum atomic E-state index is 11.3. The highest BCUT2D eigenvalue weighted by atomic mass is 16.5. The number of amides is 1. The summed E-state index contributed by atoms with van der Waals surface area (Å²) in [6.07, 6.45) is 0. The number of carbonyl (C=O) groups is 2. The summed E-state index contributed by atoms with van der Waals surface area (Å²) >= 11 is 0. The third-order valence-electron chi connectivity index (χ3n) is 2.02. The normalized spacial score (nSPS) is 9.69. The second-order valence-electron chi connectivity index (χ2n) is 3.28. The molecular weight excluding hydrogens is 210 g/mol. The Morgan fingerprint density at radius 2 is 1.94 bits per heavy atom. The lowest BCUT2D eigenvalue weighted by atomic mass is 10.1. The van der Waals surface area contributed by atoms with Crippen LogP contribution in [0.2, 0.25) is 0 Å². The smallest absolute Gasteiger partial charge is 0.221 e. The van der Waals surface area contributed by atoms with Gasteiger partial charge in [0.1, 0.15) is 11.3 Å². The number of phenols is 1. The number of hydrogen-bond acceptors (Lipinski definition) is 4. The zero-order valence-electron chi connectivity index (χ0n) is 9.33. The predicted molar refractivity (Wildman–Crippen MR) is 59.0 cm³/mol. The van der Waals surface area contributed by atoms with Crippen LogP contribution in [0.5, 0.6) is 11.5 Å². The Hall–Kier alpha value is -2.04. The quantitative estimate of drug-likeness (QED) is 0.602. The van der Waals surface area contributed by atoms with E-state index in [-0.39, 0.29) is 34.4 Å². The Balaban J connectivity index is 3.31. The fourth-order valence-corrected chi connectivity index (χ4v) is 1.37. The second kappa shape index (κ2) is 4.65. The van der Waals surface area contributed by atoms with Gasteiger partial charge >= 0.3 is 0 Å². The van der Waals surface area contributed by atoms with Gasteiger partial charge in [0.15, 0.2) is 11.5 Å². The topological polar surface area (TPSA) is 75.6 Å². The van der Waals surface area contributed by atoms with Crippen LogP contribution < -0.4 is 10.1 Å². The first kappa shape index (κ1) is 12.0. The first-order chi connectivity index (χ1) is 7.47. The number of hydrogen-bond donors (Lipinski definition) is 2. The number of rotatable bonds is 3. The molecule has 0 saturated heterocycles. The van der Waals surface area contributed by atoms with Crippen molar-refractivity contribution in [3.63, 3.8) is 0 Å². The molecule has 0 atom stereocenters. The fourth-order valence-electron chi connectivity index (χ4n) is 1.37. The molecule has 0 aliphatic carbocycles. The maximum absolute atomic E-state index is 11.3. The standard InChI is InChI=1S/C11H13NO4/c1-6(13)10-9(16-3)5-4-8(11(10)15)12-7(2)14/h4-5,15H,1-3H3,(H,12,14). The molecule has 86 valence electrons. The van der Waals surface area contributed by atoms with Gasteiger partial charge < -0.3 is 15.2 Å². The van der Waals surface area contributed by atoms with Gasteiger partial charge in [-0.3, -0.25) is 9.59 Å². The van der Waals surface area contributed by atoms with Gasteiger partial charge in [-0.05, 0) is 19.1 Å². The largest absolute Gasteiger partial charge is 0.505 e. The van der Waals surface area contributed by atoms with E-state index in [2.05, 4.69) is 5.32 Å². The number of carbonyl (C=O) groups excluding carboxylic acids is 2. The lowest BCUT2D eigenvalue weighted by molar-refractivity contribution is -0.114. The zero-order chi connectivity index (χ0) is 12.3. The van der Waals surface area contributed by atoms with Crippen LogP contribution in [0.25, 0.3) is 0 Å². The first-order valence-electron chi connectivity index (χ1n) is 4.65. The van der Waals surface area contributed by atoms with Crippen molar-refractivity contribution in [3.8, 4) is 11.5 Å². The van der Waals surface area contributed by atoms with E-state index in [4.69, 9.17) is 4.74 Å². The summed E-state index contributed by atoms with van der Waals surface area (Å²) in [4.78, 5) is 22.2. The van der Waals surface area contributed by atoms with Gasteiger partial charge in [0.05, 0.1) is 12.8 Å². The number of methoxy groups -OCH3 is 1. The molecule has 0 fully saturated rings. The Bertz CT molecular complexity index is 440. The Morgan fingerprint density at radius 3 is 2.38 bits per heavy atom. The van der Waals surface area contributed by atoms with E-state index in [1.165, 1.54) is 33.1 Å². The number of ketones is 1. The van der Waals surface area contributed by atoms with Crippen LogP contribution in [0.1, 0.15) is 24.2 Å². The average Bonchev–Trinajstić information content (AvgIpc) is 2.19. The molecule has 0 spiro atoms. The summed E-state index contributed by atoms with van der Waals surface area (Å²) in [7, 11) is 1.40. The van der Waals surface area contributed by atoms with Crippen LogP contribution in [0, 0.1) is 0 Å². The predicted octanol–water partition coefficient (Wildman–Crippen LogP) is 1.56. The molecule has 0 bridgehead atoms. The van der Waals surface area contributed by atoms with Gasteiger partial charge in [0.25, 0.3) is 0 Å². The molecule has 1 amide bonds. The molecule has 2 N–H and O–H groups in total. The van der Waals surface area contributed by atoms with Crippen LogP contribution in [-0.4, -0.2) is 23.9 Å². The third-order valence-corrected chi connectivity index (χ3v) is 2.02. The Morgan fingerprint density at radius 1 is 1.31 bits per heavy atom. The molecule has 0 aromatic heterocycles. The van der Waals surface area contributed by atoms with Gasteiger partial charge in [-0.1, -0.05) is 0 Å². The first-order valence-corrected chi connectivity index (χ1v) is 4.65. The number of nitrogens with one attached hydrogen (secondary N) is 1. The third kappa shape index (κ3) is 2.31. The summed E-state index contributed by atoms with van der Waals surface area (Å²) < 4.78 is 4.95. The number of anilines is 1. The highest BCUT2D eigenvalue weighted by Crippen LogP contribution is 2.34. The van der Waals surface area contributed by atoms with Crippen LogP contribution in [0.15, 0.2) is 12.1 Å². The van der Waals surface area contributed by atoms with Gasteiger partial charge in [-0.2, -0.15) is 0 Å². The minimum absolute atomic E-state index is 0.0637. The van der Waals surface area contributed by atoms with Gasteiger partial charge in [0, 0.05) is 6.92 Å². The van der Waals surface area contributed by atoms with E-state index in [0.717, 1.165) is 0 Å². The summed E-state index contributed by atoms with van der Waals surface area (Å²) in [5.74, 6) is -0.655. The van der Waals surface area contributed by atoms with Crippen molar-refractivity contribution in [3.05, 3.63) is 17.7 Å². The fraction of sp³-hybridized carbons (Fsp3) is 0.273.